The number of Topliss-reactive ketones (excluding diaryl/α,β-unsaturated/α-hetero) is 1. The Morgan fingerprint density at radius 3 is 2.69 bits per heavy atom. The number of halogens is 2. The summed E-state index contributed by atoms with van der Waals surface area (Å²) in [7, 11) is 0. The first-order valence-corrected chi connectivity index (χ1v) is 6.04. The molecule has 0 saturated carbocycles. The Morgan fingerprint density at radius 2 is 2.15 bits per heavy atom. The molecule has 0 aromatic heterocycles. The smallest absolute Gasteiger partial charge is 0.147 e. The maximum Gasteiger partial charge on any atom is 0.147 e. The molecule has 1 aromatic rings. The minimum atomic E-state index is 0.179. The van der Waals surface area contributed by atoms with Gasteiger partial charge in [0.05, 0.1) is 5.33 Å². The van der Waals surface area contributed by atoms with Gasteiger partial charge in [-0.1, -0.05) is 22.0 Å². The molecule has 0 aliphatic heterocycles. The van der Waals surface area contributed by atoms with Gasteiger partial charge in [-0.3, -0.25) is 4.79 Å². The van der Waals surface area contributed by atoms with Gasteiger partial charge in [0.25, 0.3) is 0 Å². The second-order valence-electron chi connectivity index (χ2n) is 2.63. The maximum atomic E-state index is 11.1. The van der Waals surface area contributed by atoms with Crippen LogP contribution in [0.5, 0.6) is 0 Å². The summed E-state index contributed by atoms with van der Waals surface area (Å²) in [5.74, 6) is 0.179. The summed E-state index contributed by atoms with van der Waals surface area (Å²) in [5, 5.41) is 0.410. The van der Waals surface area contributed by atoms with Crippen molar-refractivity contribution in [3.8, 4) is 0 Å². The van der Waals surface area contributed by atoms with Crippen LogP contribution in [0.15, 0.2) is 27.6 Å². The van der Waals surface area contributed by atoms with Gasteiger partial charge in [0.2, 0.25) is 0 Å². The lowest BCUT2D eigenvalue weighted by atomic mass is 10.1. The lowest BCUT2D eigenvalue weighted by molar-refractivity contribution is -0.115. The van der Waals surface area contributed by atoms with Gasteiger partial charge in [-0.2, -0.15) is 0 Å². The molecule has 0 amide bonds. The third-order valence-corrected chi connectivity index (χ3v) is 3.54. The van der Waals surface area contributed by atoms with E-state index < -0.39 is 0 Å². The molecule has 1 aromatic carbocycles. The summed E-state index contributed by atoms with van der Waals surface area (Å²) in [6.07, 6.45) is 0.470. The molecule has 0 spiro atoms. The van der Waals surface area contributed by atoms with Crippen LogP contribution in [0.4, 0.5) is 0 Å². The Hall–Kier alpha value is 0.200. The Kier molecular flexibility index (Phi) is 4.49. The highest BCUT2D eigenvalue weighted by Gasteiger charge is 2.03. The van der Waals surface area contributed by atoms with Gasteiger partial charge < -0.3 is 0 Å². The van der Waals surface area contributed by atoms with Crippen molar-refractivity contribution in [2.24, 2.45) is 0 Å². The third-order valence-electron chi connectivity index (χ3n) is 1.56. The van der Waals surface area contributed by atoms with Crippen molar-refractivity contribution in [3.63, 3.8) is 0 Å². The van der Waals surface area contributed by atoms with Gasteiger partial charge in [-0.05, 0) is 33.6 Å². The fraction of sp³-hybridized carbons (Fsp3) is 0.222. The van der Waals surface area contributed by atoms with Crippen LogP contribution in [-0.4, -0.2) is 11.1 Å². The molecule has 0 atom stereocenters. The number of thiol groups is 1. The second-order valence-corrected chi connectivity index (χ2v) is 4.53. The number of hydrogen-bond acceptors (Lipinski definition) is 2. The summed E-state index contributed by atoms with van der Waals surface area (Å²) in [4.78, 5) is 12.0. The number of carbonyl (C=O) groups is 1. The van der Waals surface area contributed by atoms with Crippen LogP contribution >= 0.6 is 44.5 Å². The first-order chi connectivity index (χ1) is 6.13. The standard InChI is InChI=1S/C9H8Br2OS/c10-5-7(12)3-6-1-2-9(13)8(11)4-6/h1-2,4,13H,3,5H2. The van der Waals surface area contributed by atoms with Gasteiger partial charge in [0, 0.05) is 15.8 Å². The summed E-state index contributed by atoms with van der Waals surface area (Å²) < 4.78 is 0.927. The Morgan fingerprint density at radius 1 is 1.46 bits per heavy atom. The van der Waals surface area contributed by atoms with Crippen LogP contribution in [0, 0.1) is 0 Å². The number of benzene rings is 1. The molecule has 1 rings (SSSR count). The first-order valence-electron chi connectivity index (χ1n) is 3.68. The van der Waals surface area contributed by atoms with Gasteiger partial charge in [-0.25, -0.2) is 0 Å². The van der Waals surface area contributed by atoms with E-state index in [-0.39, 0.29) is 5.78 Å². The van der Waals surface area contributed by atoms with E-state index in [4.69, 9.17) is 0 Å². The van der Waals surface area contributed by atoms with Crippen LogP contribution in [0.2, 0.25) is 0 Å². The van der Waals surface area contributed by atoms with Crippen LogP contribution < -0.4 is 0 Å². The number of ketones is 1. The van der Waals surface area contributed by atoms with Crippen molar-refractivity contribution in [2.45, 2.75) is 11.3 Å². The predicted octanol–water partition coefficient (Wildman–Crippen LogP) is 3.24. The number of alkyl halides is 1. The largest absolute Gasteiger partial charge is 0.298 e. The SMILES string of the molecule is O=C(CBr)Cc1ccc(S)c(Br)c1. The van der Waals surface area contributed by atoms with Gasteiger partial charge in [0.15, 0.2) is 0 Å². The molecule has 0 unspecified atom stereocenters. The predicted molar refractivity (Wildman–Crippen MR) is 63.9 cm³/mol. The quantitative estimate of drug-likeness (QED) is 0.667. The molecule has 0 aliphatic rings. The van der Waals surface area contributed by atoms with E-state index in [1.54, 1.807) is 0 Å². The first kappa shape index (κ1) is 11.3. The monoisotopic (exact) mass is 322 g/mol. The fourth-order valence-electron chi connectivity index (χ4n) is 0.935. The number of rotatable bonds is 3. The highest BCUT2D eigenvalue weighted by Crippen LogP contribution is 2.21. The van der Waals surface area contributed by atoms with Crippen LogP contribution in [0.25, 0.3) is 0 Å². The third kappa shape index (κ3) is 3.44. The van der Waals surface area contributed by atoms with Crippen LogP contribution in [-0.2, 0) is 11.2 Å². The molecule has 0 fully saturated rings. The van der Waals surface area contributed by atoms with E-state index in [0.29, 0.717) is 11.8 Å². The number of hydrogen-bond donors (Lipinski definition) is 1. The second kappa shape index (κ2) is 5.17. The molecule has 0 bridgehead atoms. The molecule has 0 heterocycles. The molecule has 0 aliphatic carbocycles. The summed E-state index contributed by atoms with van der Waals surface area (Å²) in [5.41, 5.74) is 1.01. The normalized spacial score (nSPS) is 10.1. The maximum absolute atomic E-state index is 11.1. The zero-order valence-corrected chi connectivity index (χ0v) is 10.8. The van der Waals surface area contributed by atoms with Crippen LogP contribution in [0.3, 0.4) is 0 Å². The Balaban J connectivity index is 2.79. The lowest BCUT2D eigenvalue weighted by Gasteiger charge is -2.01. The molecule has 0 saturated heterocycles. The van der Waals surface area contributed by atoms with Crippen molar-refractivity contribution in [1.82, 2.24) is 0 Å². The minimum Gasteiger partial charge on any atom is -0.298 e. The van der Waals surface area contributed by atoms with E-state index in [1.807, 2.05) is 18.2 Å². The van der Waals surface area contributed by atoms with Crippen molar-refractivity contribution in [3.05, 3.63) is 28.2 Å². The minimum absolute atomic E-state index is 0.179. The number of carbonyl (C=O) groups excluding carboxylic acids is 1. The lowest BCUT2D eigenvalue weighted by Crippen LogP contribution is -2.03. The van der Waals surface area contributed by atoms with Crippen LogP contribution in [0.1, 0.15) is 5.56 Å². The van der Waals surface area contributed by atoms with E-state index in [9.17, 15) is 4.79 Å². The van der Waals surface area contributed by atoms with Crippen molar-refractivity contribution >= 4 is 50.3 Å². The highest BCUT2D eigenvalue weighted by molar-refractivity contribution is 9.10. The average Bonchev–Trinajstić information content (AvgIpc) is 2.11. The highest BCUT2D eigenvalue weighted by atomic mass is 79.9. The summed E-state index contributed by atoms with van der Waals surface area (Å²) in [6.45, 7) is 0. The van der Waals surface area contributed by atoms with Gasteiger partial charge in [0.1, 0.15) is 5.78 Å². The molecule has 1 nitrogen and oxygen atoms in total. The molecule has 13 heavy (non-hydrogen) atoms. The molecular weight excluding hydrogens is 316 g/mol. The zero-order valence-electron chi connectivity index (χ0n) is 6.76. The van der Waals surface area contributed by atoms with E-state index in [0.717, 1.165) is 14.9 Å². The van der Waals surface area contributed by atoms with Crippen molar-refractivity contribution in [1.29, 1.82) is 0 Å². The van der Waals surface area contributed by atoms with Gasteiger partial charge in [-0.15, -0.1) is 12.6 Å². The Labute approximate surface area is 99.6 Å². The van der Waals surface area contributed by atoms with Crippen molar-refractivity contribution in [2.75, 3.05) is 5.33 Å². The zero-order chi connectivity index (χ0) is 9.84. The fourth-order valence-corrected chi connectivity index (χ4v) is 1.70. The van der Waals surface area contributed by atoms with Gasteiger partial charge >= 0.3 is 0 Å². The topological polar surface area (TPSA) is 17.1 Å². The summed E-state index contributed by atoms with van der Waals surface area (Å²) in [6, 6.07) is 5.71. The van der Waals surface area contributed by atoms with E-state index in [2.05, 4.69) is 44.5 Å². The molecule has 70 valence electrons. The molecular formula is C9H8Br2OS. The van der Waals surface area contributed by atoms with E-state index >= 15 is 0 Å². The Bertz CT molecular complexity index is 325. The molecule has 4 heteroatoms. The van der Waals surface area contributed by atoms with E-state index in [1.165, 1.54) is 0 Å². The summed E-state index contributed by atoms with van der Waals surface area (Å²) >= 11 is 10.7. The molecule has 0 N–H and O–H groups in total. The van der Waals surface area contributed by atoms with Crippen molar-refractivity contribution < 1.29 is 4.79 Å². The average molecular weight is 324 g/mol. The molecule has 0 radical (unpaired) electrons.